The number of carbonyl (C=O) groups excluding carboxylic acids is 1. The maximum absolute atomic E-state index is 12.5. The summed E-state index contributed by atoms with van der Waals surface area (Å²) in [5, 5.41) is 7.69. The van der Waals surface area contributed by atoms with Gasteiger partial charge in [-0.2, -0.15) is 5.10 Å². The first-order chi connectivity index (χ1) is 11.0. The van der Waals surface area contributed by atoms with E-state index in [1.165, 1.54) is 0 Å². The highest BCUT2D eigenvalue weighted by atomic mass is 16.3. The molecule has 2 aromatic heterocycles. The number of rotatable bonds is 3. The van der Waals surface area contributed by atoms with Gasteiger partial charge in [-0.3, -0.25) is 5.32 Å². The molecule has 0 fully saturated rings. The second-order valence-electron chi connectivity index (χ2n) is 8.17. The molecule has 132 valence electrons. The highest BCUT2D eigenvalue weighted by Crippen LogP contribution is 2.28. The van der Waals surface area contributed by atoms with Crippen molar-refractivity contribution >= 4 is 11.8 Å². The van der Waals surface area contributed by atoms with Gasteiger partial charge >= 0.3 is 6.03 Å². The largest absolute Gasteiger partial charge is 0.472 e. The number of anilines is 1. The number of amides is 2. The molecule has 24 heavy (non-hydrogen) atoms. The first-order valence-corrected chi connectivity index (χ1v) is 8.12. The fourth-order valence-corrected chi connectivity index (χ4v) is 2.28. The molecule has 0 aliphatic rings. The van der Waals surface area contributed by atoms with E-state index in [-0.39, 0.29) is 17.0 Å². The summed E-state index contributed by atoms with van der Waals surface area (Å²) in [5.41, 5.74) is 1.59. The topological polar surface area (TPSA) is 63.3 Å². The summed E-state index contributed by atoms with van der Waals surface area (Å²) in [7, 11) is 1.75. The van der Waals surface area contributed by atoms with Crippen molar-refractivity contribution in [2.24, 2.45) is 0 Å². The van der Waals surface area contributed by atoms with Gasteiger partial charge in [-0.1, -0.05) is 20.8 Å². The number of furan rings is 1. The van der Waals surface area contributed by atoms with Gasteiger partial charge in [0.05, 0.1) is 30.3 Å². The SMILES string of the molecule is CN(Cc1ccoc1)C(=O)Nc1cc(C(C)(C)C)nn1C(C)(C)C. The van der Waals surface area contributed by atoms with Crippen molar-refractivity contribution in [2.45, 2.75) is 59.0 Å². The molecule has 2 rings (SSSR count). The van der Waals surface area contributed by atoms with E-state index in [1.807, 2.05) is 16.8 Å². The lowest BCUT2D eigenvalue weighted by Gasteiger charge is -2.24. The van der Waals surface area contributed by atoms with Crippen molar-refractivity contribution in [3.8, 4) is 0 Å². The van der Waals surface area contributed by atoms with Crippen molar-refractivity contribution in [1.82, 2.24) is 14.7 Å². The molecule has 2 amide bonds. The van der Waals surface area contributed by atoms with Crippen molar-refractivity contribution in [2.75, 3.05) is 12.4 Å². The third-order valence-corrected chi connectivity index (χ3v) is 3.69. The van der Waals surface area contributed by atoms with Gasteiger partial charge in [-0.25, -0.2) is 9.48 Å². The fraction of sp³-hybridized carbons (Fsp3) is 0.556. The minimum absolute atomic E-state index is 0.0847. The lowest BCUT2D eigenvalue weighted by Crippen LogP contribution is -2.33. The number of aromatic nitrogens is 2. The number of hydrogen-bond donors (Lipinski definition) is 1. The Bertz CT molecular complexity index is 688. The predicted molar refractivity (Wildman–Crippen MR) is 95.1 cm³/mol. The lowest BCUT2D eigenvalue weighted by atomic mass is 9.92. The minimum Gasteiger partial charge on any atom is -0.472 e. The van der Waals surface area contributed by atoms with E-state index in [0.29, 0.717) is 12.4 Å². The van der Waals surface area contributed by atoms with Gasteiger partial charge in [-0.05, 0) is 26.8 Å². The molecule has 0 aliphatic carbocycles. The Balaban J connectivity index is 2.21. The van der Waals surface area contributed by atoms with Crippen LogP contribution in [0.15, 0.2) is 29.1 Å². The number of nitrogens with one attached hydrogen (secondary N) is 1. The number of nitrogens with zero attached hydrogens (tertiary/aromatic N) is 3. The molecular weight excluding hydrogens is 304 g/mol. The molecule has 0 saturated carbocycles. The van der Waals surface area contributed by atoms with E-state index in [2.05, 4.69) is 46.9 Å². The lowest BCUT2D eigenvalue weighted by molar-refractivity contribution is 0.220. The van der Waals surface area contributed by atoms with E-state index in [0.717, 1.165) is 11.3 Å². The van der Waals surface area contributed by atoms with E-state index in [4.69, 9.17) is 9.52 Å². The molecule has 2 heterocycles. The quantitative estimate of drug-likeness (QED) is 0.916. The molecule has 0 aliphatic heterocycles. The Morgan fingerprint density at radius 3 is 2.46 bits per heavy atom. The Morgan fingerprint density at radius 2 is 1.96 bits per heavy atom. The molecule has 0 atom stereocenters. The van der Waals surface area contributed by atoms with Gasteiger partial charge in [0, 0.05) is 24.1 Å². The van der Waals surface area contributed by atoms with Crippen molar-refractivity contribution < 1.29 is 9.21 Å². The van der Waals surface area contributed by atoms with Crippen LogP contribution in [0.3, 0.4) is 0 Å². The summed E-state index contributed by atoms with van der Waals surface area (Å²) in [5.74, 6) is 0.705. The van der Waals surface area contributed by atoms with Crippen LogP contribution in [-0.4, -0.2) is 27.8 Å². The Hall–Kier alpha value is -2.24. The number of hydrogen-bond acceptors (Lipinski definition) is 3. The summed E-state index contributed by atoms with van der Waals surface area (Å²) in [4.78, 5) is 14.1. The summed E-state index contributed by atoms with van der Waals surface area (Å²) in [6.45, 7) is 13.0. The van der Waals surface area contributed by atoms with Crippen LogP contribution in [0, 0.1) is 0 Å². The molecular formula is C18H28N4O2. The van der Waals surface area contributed by atoms with E-state index >= 15 is 0 Å². The van der Waals surface area contributed by atoms with Crippen LogP contribution in [0.5, 0.6) is 0 Å². The van der Waals surface area contributed by atoms with Gasteiger partial charge in [-0.15, -0.1) is 0 Å². The van der Waals surface area contributed by atoms with Crippen LogP contribution in [0.4, 0.5) is 10.6 Å². The van der Waals surface area contributed by atoms with Crippen LogP contribution in [0.25, 0.3) is 0 Å². The predicted octanol–water partition coefficient (Wildman–Crippen LogP) is 4.19. The second-order valence-corrected chi connectivity index (χ2v) is 8.17. The average Bonchev–Trinajstić information content (AvgIpc) is 3.06. The Morgan fingerprint density at radius 1 is 1.29 bits per heavy atom. The summed E-state index contributed by atoms with van der Waals surface area (Å²) >= 11 is 0. The molecule has 6 heteroatoms. The maximum atomic E-state index is 12.5. The molecule has 0 aromatic carbocycles. The zero-order valence-electron chi connectivity index (χ0n) is 15.7. The van der Waals surface area contributed by atoms with Crippen LogP contribution in [0.2, 0.25) is 0 Å². The molecule has 0 bridgehead atoms. The summed E-state index contributed by atoms with van der Waals surface area (Å²) < 4.78 is 6.92. The zero-order valence-corrected chi connectivity index (χ0v) is 15.7. The third-order valence-electron chi connectivity index (χ3n) is 3.69. The molecule has 1 N–H and O–H groups in total. The molecule has 0 radical (unpaired) electrons. The Kier molecular flexibility index (Phi) is 4.78. The summed E-state index contributed by atoms with van der Waals surface area (Å²) in [6.07, 6.45) is 3.24. The maximum Gasteiger partial charge on any atom is 0.323 e. The highest BCUT2D eigenvalue weighted by molar-refractivity contribution is 5.88. The Labute approximate surface area is 143 Å². The second kappa shape index (κ2) is 6.34. The van der Waals surface area contributed by atoms with Gasteiger partial charge in [0.25, 0.3) is 0 Å². The van der Waals surface area contributed by atoms with Gasteiger partial charge in [0.1, 0.15) is 5.82 Å². The molecule has 0 saturated heterocycles. The van der Waals surface area contributed by atoms with E-state index in [1.54, 1.807) is 24.5 Å². The van der Waals surface area contributed by atoms with Gasteiger partial charge < -0.3 is 9.32 Å². The average molecular weight is 332 g/mol. The summed E-state index contributed by atoms with van der Waals surface area (Å²) in [6, 6.07) is 3.62. The fourth-order valence-electron chi connectivity index (χ4n) is 2.28. The molecule has 0 unspecified atom stereocenters. The standard InChI is InChI=1S/C18H28N4O2/c1-17(2,3)14-10-15(22(20-14)18(4,5)6)19-16(23)21(7)11-13-8-9-24-12-13/h8-10,12H,11H2,1-7H3,(H,19,23). The van der Waals surface area contributed by atoms with Crippen molar-refractivity contribution in [3.63, 3.8) is 0 Å². The minimum atomic E-state index is -0.227. The van der Waals surface area contributed by atoms with Gasteiger partial charge in [0.15, 0.2) is 0 Å². The first kappa shape index (κ1) is 18.1. The monoisotopic (exact) mass is 332 g/mol. The van der Waals surface area contributed by atoms with E-state index < -0.39 is 0 Å². The number of urea groups is 1. The van der Waals surface area contributed by atoms with Crippen LogP contribution in [0.1, 0.15) is 52.8 Å². The van der Waals surface area contributed by atoms with Crippen LogP contribution >= 0.6 is 0 Å². The number of carbonyl (C=O) groups is 1. The van der Waals surface area contributed by atoms with Crippen molar-refractivity contribution in [3.05, 3.63) is 35.9 Å². The van der Waals surface area contributed by atoms with E-state index in [9.17, 15) is 4.79 Å². The smallest absolute Gasteiger partial charge is 0.323 e. The first-order valence-electron chi connectivity index (χ1n) is 8.12. The normalized spacial score (nSPS) is 12.3. The van der Waals surface area contributed by atoms with Crippen LogP contribution in [-0.2, 0) is 17.5 Å². The van der Waals surface area contributed by atoms with Crippen LogP contribution < -0.4 is 5.32 Å². The molecule has 0 spiro atoms. The zero-order chi connectivity index (χ0) is 18.1. The highest BCUT2D eigenvalue weighted by Gasteiger charge is 2.26. The molecule has 6 nitrogen and oxygen atoms in total. The van der Waals surface area contributed by atoms with Gasteiger partial charge in [0.2, 0.25) is 0 Å². The third kappa shape index (κ3) is 4.19. The van der Waals surface area contributed by atoms with Crippen molar-refractivity contribution in [1.29, 1.82) is 0 Å². The molecule has 2 aromatic rings.